The van der Waals surface area contributed by atoms with E-state index in [1.165, 1.54) is 7.11 Å². The van der Waals surface area contributed by atoms with Gasteiger partial charge in [-0.3, -0.25) is 14.4 Å². The number of hydrogen-bond acceptors (Lipinski definition) is 7. The second-order valence-electron chi connectivity index (χ2n) is 5.47. The van der Waals surface area contributed by atoms with Crippen molar-refractivity contribution < 1.29 is 28.6 Å². The van der Waals surface area contributed by atoms with E-state index in [1.54, 1.807) is 0 Å². The summed E-state index contributed by atoms with van der Waals surface area (Å²) in [5, 5.41) is 0. The van der Waals surface area contributed by atoms with Crippen LogP contribution in [0.25, 0.3) is 0 Å². The minimum absolute atomic E-state index is 0.0367. The molecule has 7 heteroatoms. The maximum Gasteiger partial charge on any atom is 0.310 e. The van der Waals surface area contributed by atoms with Gasteiger partial charge in [0, 0.05) is 17.6 Å². The maximum absolute atomic E-state index is 11.9. The fourth-order valence-electron chi connectivity index (χ4n) is 3.91. The monoisotopic (exact) mass is 300 g/mol. The van der Waals surface area contributed by atoms with Gasteiger partial charge in [-0.1, -0.05) is 0 Å². The Kier molecular flexibility index (Phi) is 3.40. The first kappa shape index (κ1) is 13.7. The molecule has 3 rings (SSSR count). The third-order valence-corrected chi connectivity index (χ3v) is 4.83. The quantitative estimate of drug-likeness (QED) is 0.454. The lowest BCUT2D eigenvalue weighted by molar-refractivity contribution is -0.164. The van der Waals surface area contributed by atoms with Crippen molar-refractivity contribution in [3.8, 4) is 0 Å². The molecule has 6 unspecified atom stereocenters. The zero-order valence-electron chi connectivity index (χ0n) is 11.0. The third kappa shape index (κ3) is 1.82. The molecule has 0 N–H and O–H groups in total. The van der Waals surface area contributed by atoms with Crippen LogP contribution in [0.2, 0.25) is 0 Å². The van der Waals surface area contributed by atoms with E-state index in [0.717, 1.165) is 0 Å². The zero-order chi connectivity index (χ0) is 14.4. The molecule has 1 aliphatic heterocycles. The van der Waals surface area contributed by atoms with E-state index in [-0.39, 0.29) is 30.2 Å². The number of carbonyl (C=O) groups is 3. The van der Waals surface area contributed by atoms with Crippen molar-refractivity contribution in [3.63, 3.8) is 0 Å². The van der Waals surface area contributed by atoms with Crippen molar-refractivity contribution in [2.24, 2.45) is 23.7 Å². The highest BCUT2D eigenvalue weighted by atomic mass is 32.1. The Morgan fingerprint density at radius 3 is 2.80 bits per heavy atom. The minimum atomic E-state index is -0.551. The van der Waals surface area contributed by atoms with Gasteiger partial charge in [0.1, 0.15) is 12.2 Å². The Labute approximate surface area is 121 Å². The molecule has 2 aliphatic carbocycles. The molecule has 1 saturated heterocycles. The fourth-order valence-corrected chi connectivity index (χ4v) is 4.09. The van der Waals surface area contributed by atoms with Crippen LogP contribution in [0.5, 0.6) is 0 Å². The van der Waals surface area contributed by atoms with Crippen molar-refractivity contribution in [2.45, 2.75) is 25.0 Å². The molecule has 3 aliphatic rings. The van der Waals surface area contributed by atoms with Gasteiger partial charge in [0.2, 0.25) is 0 Å². The van der Waals surface area contributed by atoms with Crippen molar-refractivity contribution in [2.75, 3.05) is 12.9 Å². The first-order valence-electron chi connectivity index (χ1n) is 6.67. The summed E-state index contributed by atoms with van der Waals surface area (Å²) in [6.07, 6.45) is -0.0645. The van der Waals surface area contributed by atoms with Crippen LogP contribution >= 0.6 is 12.6 Å². The third-order valence-electron chi connectivity index (χ3n) is 4.60. The van der Waals surface area contributed by atoms with Crippen LogP contribution < -0.4 is 0 Å². The highest BCUT2D eigenvalue weighted by Crippen LogP contribution is 2.58. The summed E-state index contributed by atoms with van der Waals surface area (Å²) in [6.45, 7) is 0. The molecular weight excluding hydrogens is 284 g/mol. The van der Waals surface area contributed by atoms with Crippen LogP contribution in [0.3, 0.4) is 0 Å². The fraction of sp³-hybridized carbons (Fsp3) is 0.769. The number of hydrogen-bond donors (Lipinski definition) is 1. The molecule has 6 nitrogen and oxygen atoms in total. The summed E-state index contributed by atoms with van der Waals surface area (Å²) in [6, 6.07) is 0. The molecule has 6 atom stereocenters. The number of fused-ring (bicyclic) bond motifs is 1. The first-order chi connectivity index (χ1) is 9.58. The van der Waals surface area contributed by atoms with Crippen LogP contribution in [0, 0.1) is 23.7 Å². The smallest absolute Gasteiger partial charge is 0.310 e. The molecule has 110 valence electrons. The van der Waals surface area contributed by atoms with E-state index in [2.05, 4.69) is 12.6 Å². The van der Waals surface area contributed by atoms with Crippen molar-refractivity contribution in [1.82, 2.24) is 0 Å². The van der Waals surface area contributed by atoms with E-state index in [0.29, 0.717) is 12.2 Å². The van der Waals surface area contributed by atoms with Crippen molar-refractivity contribution in [3.05, 3.63) is 0 Å². The van der Waals surface area contributed by atoms with Crippen molar-refractivity contribution >= 4 is 30.5 Å². The molecule has 0 aromatic heterocycles. The van der Waals surface area contributed by atoms with Crippen LogP contribution in [0.1, 0.15) is 12.8 Å². The van der Waals surface area contributed by atoms with Gasteiger partial charge in [-0.05, 0) is 6.42 Å². The lowest BCUT2D eigenvalue weighted by Crippen LogP contribution is -2.43. The first-order valence-corrected chi connectivity index (χ1v) is 7.30. The molecule has 1 heterocycles. The molecule has 0 aromatic rings. The molecule has 3 fully saturated rings. The molecule has 0 radical (unpaired) electrons. The summed E-state index contributed by atoms with van der Waals surface area (Å²) < 4.78 is 15.5. The Hall–Kier alpha value is -1.24. The number of carbonyl (C=O) groups excluding carboxylic acids is 3. The predicted octanol–water partition coefficient (Wildman–Crippen LogP) is 0.199. The number of methoxy groups -OCH3 is 1. The van der Waals surface area contributed by atoms with Gasteiger partial charge in [-0.15, -0.1) is 0 Å². The largest absolute Gasteiger partial charge is 0.469 e. The summed E-state index contributed by atoms with van der Waals surface area (Å²) in [5.74, 6) is -1.97. The van der Waals surface area contributed by atoms with Gasteiger partial charge in [0.05, 0.1) is 25.4 Å². The van der Waals surface area contributed by atoms with Gasteiger partial charge in [0.15, 0.2) is 0 Å². The lowest BCUT2D eigenvalue weighted by Gasteiger charge is -2.29. The minimum Gasteiger partial charge on any atom is -0.469 e. The van der Waals surface area contributed by atoms with Crippen molar-refractivity contribution in [1.29, 1.82) is 0 Å². The maximum atomic E-state index is 11.9. The summed E-state index contributed by atoms with van der Waals surface area (Å²) >= 11 is 3.98. The summed E-state index contributed by atoms with van der Waals surface area (Å²) in [5.41, 5.74) is 0. The van der Waals surface area contributed by atoms with E-state index in [1.807, 2.05) is 0 Å². The highest BCUT2D eigenvalue weighted by Gasteiger charge is 2.70. The molecule has 2 saturated carbocycles. The molecule has 2 bridgehead atoms. The van der Waals surface area contributed by atoms with Gasteiger partial charge in [0.25, 0.3) is 0 Å². The molecule has 0 aromatic carbocycles. The van der Waals surface area contributed by atoms with Crippen LogP contribution in [0.15, 0.2) is 0 Å². The number of esters is 3. The van der Waals surface area contributed by atoms with Gasteiger partial charge < -0.3 is 14.2 Å². The Balaban J connectivity index is 1.82. The lowest BCUT2D eigenvalue weighted by atomic mass is 9.78. The Morgan fingerprint density at radius 1 is 1.40 bits per heavy atom. The van der Waals surface area contributed by atoms with Crippen LogP contribution in [0.4, 0.5) is 0 Å². The van der Waals surface area contributed by atoms with Crippen LogP contribution in [-0.4, -0.2) is 43.0 Å². The van der Waals surface area contributed by atoms with Gasteiger partial charge >= 0.3 is 17.9 Å². The second-order valence-corrected chi connectivity index (χ2v) is 5.91. The van der Waals surface area contributed by atoms with Gasteiger partial charge in [-0.2, -0.15) is 12.6 Å². The Bertz CT molecular complexity index is 464. The normalized spacial score (nSPS) is 40.6. The molecule has 0 spiro atoms. The Morgan fingerprint density at radius 2 is 2.15 bits per heavy atom. The average molecular weight is 300 g/mol. The summed E-state index contributed by atoms with van der Waals surface area (Å²) in [7, 11) is 1.30. The molecule has 20 heavy (non-hydrogen) atoms. The van der Waals surface area contributed by atoms with Crippen LogP contribution in [-0.2, 0) is 28.6 Å². The number of ether oxygens (including phenoxy) is 3. The highest BCUT2D eigenvalue weighted by molar-refractivity contribution is 7.80. The van der Waals surface area contributed by atoms with E-state index >= 15 is 0 Å². The molecular formula is C13H16O6S. The number of rotatable bonds is 4. The standard InChI is InChI=1S/C13H16O6S/c1-17-12(15)8-5-4-6-9(8)13(16)19-11(6)10(5)18-7(14)2-3-20/h5-6,8-11,20H,2-4H2,1H3. The predicted molar refractivity (Wildman–Crippen MR) is 68.8 cm³/mol. The topological polar surface area (TPSA) is 78.9 Å². The van der Waals surface area contributed by atoms with E-state index in [4.69, 9.17) is 14.2 Å². The SMILES string of the molecule is COC(=O)C1C2CC3C(OC(=O)C31)C2OC(=O)CCS. The van der Waals surface area contributed by atoms with Gasteiger partial charge in [-0.25, -0.2) is 0 Å². The van der Waals surface area contributed by atoms with E-state index < -0.39 is 30.0 Å². The second kappa shape index (κ2) is 4.95. The number of thiol groups is 1. The zero-order valence-corrected chi connectivity index (χ0v) is 11.9. The summed E-state index contributed by atoms with van der Waals surface area (Å²) in [4.78, 5) is 35.5. The molecule has 0 amide bonds. The van der Waals surface area contributed by atoms with E-state index in [9.17, 15) is 14.4 Å². The average Bonchev–Trinajstić information content (AvgIpc) is 3.01.